The van der Waals surface area contributed by atoms with Crippen molar-refractivity contribution in [2.45, 2.75) is 0 Å². The molecular formula is C15H12O4. The van der Waals surface area contributed by atoms with Gasteiger partial charge in [-0.2, -0.15) is 0 Å². The highest BCUT2D eigenvalue weighted by Crippen LogP contribution is 2.17. The van der Waals surface area contributed by atoms with Crippen molar-refractivity contribution >= 4 is 11.5 Å². The summed E-state index contributed by atoms with van der Waals surface area (Å²) in [7, 11) is 0. The molecule has 0 saturated carbocycles. The smallest absolute Gasteiger partial charge is 0.189 e. The second kappa shape index (κ2) is 5.27. The molecule has 0 aliphatic heterocycles. The third kappa shape index (κ3) is 3.13. The molecule has 0 aliphatic carbocycles. The van der Waals surface area contributed by atoms with Gasteiger partial charge in [-0.05, 0) is 48.5 Å². The fourth-order valence-corrected chi connectivity index (χ4v) is 1.55. The molecular weight excluding hydrogens is 244 g/mol. The summed E-state index contributed by atoms with van der Waals surface area (Å²) in [6, 6.07) is 11.6. The molecule has 0 aliphatic rings. The van der Waals surface area contributed by atoms with Gasteiger partial charge in [0.2, 0.25) is 0 Å². The number of phenolic OH excluding ortho intramolecular Hbond substituents is 2. The van der Waals surface area contributed by atoms with Gasteiger partial charge in [-0.3, -0.25) is 4.79 Å². The van der Waals surface area contributed by atoms with Gasteiger partial charge in [0.05, 0.1) is 0 Å². The first-order chi connectivity index (χ1) is 9.06. The van der Waals surface area contributed by atoms with Crippen molar-refractivity contribution in [1.29, 1.82) is 0 Å². The van der Waals surface area contributed by atoms with E-state index in [4.69, 9.17) is 10.2 Å². The summed E-state index contributed by atoms with van der Waals surface area (Å²) in [4.78, 5) is 11.8. The molecule has 0 fully saturated rings. The third-order valence-electron chi connectivity index (χ3n) is 2.58. The van der Waals surface area contributed by atoms with Crippen LogP contribution in [0.2, 0.25) is 0 Å². The molecule has 4 heteroatoms. The number of carbonyl (C=O) groups is 1. The highest BCUT2D eigenvalue weighted by Gasteiger charge is 2.06. The summed E-state index contributed by atoms with van der Waals surface area (Å²) in [5, 5.41) is 28.1. The SMILES string of the molecule is O=C(/C=C(\O)c1ccc(O)cc1)c1ccc(O)cc1. The normalized spacial score (nSPS) is 11.3. The van der Waals surface area contributed by atoms with Crippen molar-refractivity contribution in [3.8, 4) is 11.5 Å². The first-order valence-electron chi connectivity index (χ1n) is 5.60. The second-order valence-electron chi connectivity index (χ2n) is 3.99. The van der Waals surface area contributed by atoms with Gasteiger partial charge in [-0.1, -0.05) is 0 Å². The molecule has 0 amide bonds. The number of hydrogen-bond donors (Lipinski definition) is 3. The molecule has 0 radical (unpaired) electrons. The van der Waals surface area contributed by atoms with Crippen LogP contribution in [0.1, 0.15) is 15.9 Å². The van der Waals surface area contributed by atoms with E-state index < -0.39 is 0 Å². The number of allylic oxidation sites excluding steroid dienone is 1. The lowest BCUT2D eigenvalue weighted by molar-refractivity contribution is 0.104. The van der Waals surface area contributed by atoms with E-state index >= 15 is 0 Å². The number of hydrogen-bond acceptors (Lipinski definition) is 4. The maximum absolute atomic E-state index is 11.8. The summed E-state index contributed by atoms with van der Waals surface area (Å²) in [6.45, 7) is 0. The lowest BCUT2D eigenvalue weighted by Crippen LogP contribution is -1.96. The van der Waals surface area contributed by atoms with Crippen molar-refractivity contribution in [1.82, 2.24) is 0 Å². The zero-order chi connectivity index (χ0) is 13.8. The van der Waals surface area contributed by atoms with Gasteiger partial charge >= 0.3 is 0 Å². The lowest BCUT2D eigenvalue weighted by atomic mass is 10.1. The fraction of sp³-hybridized carbons (Fsp3) is 0. The average Bonchev–Trinajstić information content (AvgIpc) is 2.40. The van der Waals surface area contributed by atoms with Crippen LogP contribution < -0.4 is 0 Å². The summed E-state index contributed by atoms with van der Waals surface area (Å²) in [5.74, 6) is -0.395. The van der Waals surface area contributed by atoms with E-state index in [1.54, 1.807) is 0 Å². The standard InChI is InChI=1S/C15H12O4/c16-12-5-1-10(2-6-12)14(18)9-15(19)11-3-7-13(17)8-4-11/h1-9,16-18H/b14-9-. The van der Waals surface area contributed by atoms with Crippen LogP contribution in [-0.2, 0) is 0 Å². The molecule has 0 saturated heterocycles. The number of benzene rings is 2. The van der Waals surface area contributed by atoms with Crippen LogP contribution in [0, 0.1) is 0 Å². The summed E-state index contributed by atoms with van der Waals surface area (Å²) in [6.07, 6.45) is 1.10. The Labute approximate surface area is 109 Å². The summed E-state index contributed by atoms with van der Waals surface area (Å²) >= 11 is 0. The van der Waals surface area contributed by atoms with E-state index in [0.717, 1.165) is 6.08 Å². The largest absolute Gasteiger partial charge is 0.508 e. The Morgan fingerprint density at radius 1 is 0.789 bits per heavy atom. The highest BCUT2D eigenvalue weighted by atomic mass is 16.3. The first-order valence-corrected chi connectivity index (χ1v) is 5.60. The Morgan fingerprint density at radius 3 is 1.68 bits per heavy atom. The Kier molecular flexibility index (Phi) is 3.52. The molecule has 3 N–H and O–H groups in total. The van der Waals surface area contributed by atoms with Crippen LogP contribution in [0.4, 0.5) is 0 Å². The lowest BCUT2D eigenvalue weighted by Gasteiger charge is -2.01. The van der Waals surface area contributed by atoms with Gasteiger partial charge in [0.15, 0.2) is 5.78 Å². The van der Waals surface area contributed by atoms with Gasteiger partial charge < -0.3 is 15.3 Å². The molecule has 2 aromatic rings. The molecule has 2 rings (SSSR count). The topological polar surface area (TPSA) is 77.8 Å². The Hall–Kier alpha value is -2.75. The monoisotopic (exact) mass is 256 g/mol. The molecule has 0 unspecified atom stereocenters. The first kappa shape index (κ1) is 12.7. The fourth-order valence-electron chi connectivity index (χ4n) is 1.55. The average molecular weight is 256 g/mol. The molecule has 0 bridgehead atoms. The second-order valence-corrected chi connectivity index (χ2v) is 3.99. The van der Waals surface area contributed by atoms with Crippen LogP contribution in [0.25, 0.3) is 5.76 Å². The molecule has 96 valence electrons. The van der Waals surface area contributed by atoms with Crippen molar-refractivity contribution < 1.29 is 20.1 Å². The molecule has 0 atom stereocenters. The molecule has 0 heterocycles. The zero-order valence-electron chi connectivity index (χ0n) is 9.95. The number of aliphatic hydroxyl groups is 1. The van der Waals surface area contributed by atoms with Crippen LogP contribution >= 0.6 is 0 Å². The van der Waals surface area contributed by atoms with Crippen LogP contribution in [-0.4, -0.2) is 21.1 Å². The third-order valence-corrected chi connectivity index (χ3v) is 2.58. The zero-order valence-corrected chi connectivity index (χ0v) is 9.95. The van der Waals surface area contributed by atoms with Crippen molar-refractivity contribution in [2.75, 3.05) is 0 Å². The molecule has 2 aromatic carbocycles. The van der Waals surface area contributed by atoms with Crippen molar-refractivity contribution in [2.24, 2.45) is 0 Å². The summed E-state index contributed by atoms with van der Waals surface area (Å²) in [5.41, 5.74) is 0.799. The van der Waals surface area contributed by atoms with E-state index in [9.17, 15) is 9.90 Å². The van der Waals surface area contributed by atoms with Gasteiger partial charge in [-0.15, -0.1) is 0 Å². The van der Waals surface area contributed by atoms with Crippen molar-refractivity contribution in [3.63, 3.8) is 0 Å². The van der Waals surface area contributed by atoms with Crippen LogP contribution in [0.3, 0.4) is 0 Å². The van der Waals surface area contributed by atoms with Crippen LogP contribution in [0.5, 0.6) is 11.5 Å². The molecule has 0 spiro atoms. The predicted octanol–water partition coefficient (Wildman–Crippen LogP) is 2.88. The maximum Gasteiger partial charge on any atom is 0.189 e. The van der Waals surface area contributed by atoms with Crippen LogP contribution in [0.15, 0.2) is 54.6 Å². The number of ketones is 1. The van der Waals surface area contributed by atoms with E-state index in [2.05, 4.69) is 0 Å². The minimum absolute atomic E-state index is 0.0725. The summed E-state index contributed by atoms with van der Waals surface area (Å²) < 4.78 is 0. The Balaban J connectivity index is 2.22. The number of aliphatic hydroxyl groups excluding tert-OH is 1. The molecule has 0 aromatic heterocycles. The van der Waals surface area contributed by atoms with Gasteiger partial charge in [0.1, 0.15) is 17.3 Å². The number of rotatable bonds is 3. The quantitative estimate of drug-likeness (QED) is 0.448. The highest BCUT2D eigenvalue weighted by molar-refractivity contribution is 6.07. The van der Waals surface area contributed by atoms with Gasteiger partial charge in [0.25, 0.3) is 0 Å². The predicted molar refractivity (Wildman–Crippen MR) is 71.1 cm³/mol. The van der Waals surface area contributed by atoms with Gasteiger partial charge in [0, 0.05) is 17.2 Å². The van der Waals surface area contributed by atoms with Crippen molar-refractivity contribution in [3.05, 3.63) is 65.7 Å². The Morgan fingerprint density at radius 2 is 1.21 bits per heavy atom. The minimum atomic E-state index is -0.370. The Bertz CT molecular complexity index is 610. The number of carbonyl (C=O) groups excluding carboxylic acids is 1. The minimum Gasteiger partial charge on any atom is -0.508 e. The molecule has 19 heavy (non-hydrogen) atoms. The molecule has 4 nitrogen and oxygen atoms in total. The van der Waals surface area contributed by atoms with Gasteiger partial charge in [-0.25, -0.2) is 0 Å². The number of phenols is 2. The van der Waals surface area contributed by atoms with E-state index in [0.29, 0.717) is 11.1 Å². The van der Waals surface area contributed by atoms with E-state index in [1.165, 1.54) is 48.5 Å². The number of aromatic hydroxyl groups is 2. The van der Waals surface area contributed by atoms with E-state index in [1.807, 2.05) is 0 Å². The maximum atomic E-state index is 11.8. The van der Waals surface area contributed by atoms with E-state index in [-0.39, 0.29) is 23.0 Å².